The molecule has 0 fully saturated rings. The average molecular weight is 248 g/mol. The molecule has 0 aromatic heterocycles. The molecule has 3 N–H and O–H groups in total. The summed E-state index contributed by atoms with van der Waals surface area (Å²) in [4.78, 5) is 23.0. The Morgan fingerprint density at radius 2 is 2.33 bits per heavy atom. The maximum absolute atomic E-state index is 11.8. The van der Waals surface area contributed by atoms with Crippen molar-refractivity contribution in [2.75, 3.05) is 11.9 Å². The summed E-state index contributed by atoms with van der Waals surface area (Å²) in [7, 11) is 0. The Labute approximate surface area is 105 Å². The lowest BCUT2D eigenvalue weighted by Crippen LogP contribution is -2.31. The van der Waals surface area contributed by atoms with E-state index >= 15 is 0 Å². The van der Waals surface area contributed by atoms with Crippen LogP contribution in [0, 0.1) is 0 Å². The van der Waals surface area contributed by atoms with Gasteiger partial charge in [-0.3, -0.25) is 9.59 Å². The minimum absolute atomic E-state index is 0.0519. The molecule has 18 heavy (non-hydrogen) atoms. The molecule has 0 saturated carbocycles. The minimum atomic E-state index is -0.522. The second-order valence-electron chi connectivity index (χ2n) is 4.37. The van der Waals surface area contributed by atoms with Gasteiger partial charge in [-0.25, -0.2) is 0 Å². The SMILES string of the molecule is CCC(O)CNC(=O)c1ccc2c(c1)CC(=O)N2. The third kappa shape index (κ3) is 2.68. The van der Waals surface area contributed by atoms with Gasteiger partial charge >= 0.3 is 0 Å². The number of hydrogen-bond acceptors (Lipinski definition) is 3. The van der Waals surface area contributed by atoms with Crippen molar-refractivity contribution in [3.63, 3.8) is 0 Å². The zero-order valence-electron chi connectivity index (χ0n) is 10.2. The third-order valence-electron chi connectivity index (χ3n) is 2.96. The maximum Gasteiger partial charge on any atom is 0.251 e. The normalized spacial score (nSPS) is 14.9. The summed E-state index contributed by atoms with van der Waals surface area (Å²) in [6, 6.07) is 5.10. The number of carbonyl (C=O) groups excluding carboxylic acids is 2. The maximum atomic E-state index is 11.8. The highest BCUT2D eigenvalue weighted by molar-refractivity contribution is 6.01. The molecule has 2 amide bonds. The predicted molar refractivity (Wildman–Crippen MR) is 67.4 cm³/mol. The fourth-order valence-corrected chi connectivity index (χ4v) is 1.83. The fourth-order valence-electron chi connectivity index (χ4n) is 1.83. The largest absolute Gasteiger partial charge is 0.391 e. The predicted octanol–water partition coefficient (Wildman–Crippen LogP) is 0.682. The molecule has 1 heterocycles. The van der Waals surface area contributed by atoms with E-state index in [0.717, 1.165) is 11.3 Å². The molecule has 1 aliphatic heterocycles. The van der Waals surface area contributed by atoms with Crippen LogP contribution in [0.2, 0.25) is 0 Å². The van der Waals surface area contributed by atoms with Crippen LogP contribution >= 0.6 is 0 Å². The lowest BCUT2D eigenvalue weighted by molar-refractivity contribution is -0.115. The topological polar surface area (TPSA) is 78.4 Å². The van der Waals surface area contributed by atoms with Crippen molar-refractivity contribution >= 4 is 17.5 Å². The van der Waals surface area contributed by atoms with E-state index in [1.165, 1.54) is 0 Å². The van der Waals surface area contributed by atoms with Crippen LogP contribution in [0.3, 0.4) is 0 Å². The van der Waals surface area contributed by atoms with E-state index in [1.54, 1.807) is 18.2 Å². The van der Waals surface area contributed by atoms with E-state index in [1.807, 2.05) is 6.92 Å². The summed E-state index contributed by atoms with van der Waals surface area (Å²) in [5, 5.41) is 14.7. The van der Waals surface area contributed by atoms with Crippen molar-refractivity contribution in [1.29, 1.82) is 0 Å². The lowest BCUT2D eigenvalue weighted by Gasteiger charge is -2.10. The van der Waals surface area contributed by atoms with Crippen molar-refractivity contribution in [1.82, 2.24) is 5.32 Å². The summed E-state index contributed by atoms with van der Waals surface area (Å²) in [6.07, 6.45) is 0.392. The van der Waals surface area contributed by atoms with Gasteiger partial charge in [-0.2, -0.15) is 0 Å². The van der Waals surface area contributed by atoms with Gasteiger partial charge in [-0.05, 0) is 30.2 Å². The molecule has 0 spiro atoms. The fraction of sp³-hybridized carbons (Fsp3) is 0.385. The van der Waals surface area contributed by atoms with E-state index in [9.17, 15) is 14.7 Å². The van der Waals surface area contributed by atoms with E-state index < -0.39 is 6.10 Å². The molecule has 5 heteroatoms. The van der Waals surface area contributed by atoms with E-state index in [0.29, 0.717) is 18.4 Å². The molecular weight excluding hydrogens is 232 g/mol. The van der Waals surface area contributed by atoms with E-state index in [-0.39, 0.29) is 18.4 Å². The van der Waals surface area contributed by atoms with Gasteiger partial charge in [0.1, 0.15) is 0 Å². The lowest BCUT2D eigenvalue weighted by atomic mass is 10.1. The van der Waals surface area contributed by atoms with E-state index in [4.69, 9.17) is 0 Å². The van der Waals surface area contributed by atoms with Crippen molar-refractivity contribution in [2.45, 2.75) is 25.9 Å². The number of hydrogen-bond donors (Lipinski definition) is 3. The summed E-state index contributed by atoms with van der Waals surface area (Å²) in [6.45, 7) is 2.09. The second-order valence-corrected chi connectivity index (χ2v) is 4.37. The van der Waals surface area contributed by atoms with Crippen molar-refractivity contribution < 1.29 is 14.7 Å². The number of benzene rings is 1. The Bertz CT molecular complexity index is 485. The third-order valence-corrected chi connectivity index (χ3v) is 2.96. The zero-order chi connectivity index (χ0) is 13.1. The quantitative estimate of drug-likeness (QED) is 0.733. The first-order valence-corrected chi connectivity index (χ1v) is 5.99. The van der Waals surface area contributed by atoms with Crippen LogP contribution in [-0.2, 0) is 11.2 Å². The number of aliphatic hydroxyl groups excluding tert-OH is 1. The van der Waals surface area contributed by atoms with Crippen LogP contribution in [0.1, 0.15) is 29.3 Å². The summed E-state index contributed by atoms with van der Waals surface area (Å²) < 4.78 is 0. The number of amides is 2. The van der Waals surface area contributed by atoms with Crippen LogP contribution in [0.5, 0.6) is 0 Å². The van der Waals surface area contributed by atoms with Crippen LogP contribution in [-0.4, -0.2) is 29.6 Å². The van der Waals surface area contributed by atoms with Gasteiger partial charge in [0.25, 0.3) is 5.91 Å². The monoisotopic (exact) mass is 248 g/mol. The number of aliphatic hydroxyl groups is 1. The Kier molecular flexibility index (Phi) is 3.62. The molecule has 2 rings (SSSR count). The number of anilines is 1. The van der Waals surface area contributed by atoms with Gasteiger partial charge in [0.05, 0.1) is 12.5 Å². The second kappa shape index (κ2) is 5.18. The highest BCUT2D eigenvalue weighted by Gasteiger charge is 2.19. The molecule has 1 unspecified atom stereocenters. The molecule has 0 bridgehead atoms. The molecule has 96 valence electrons. The van der Waals surface area contributed by atoms with Gasteiger partial charge in [-0.15, -0.1) is 0 Å². The number of nitrogens with one attached hydrogen (secondary N) is 2. The highest BCUT2D eigenvalue weighted by atomic mass is 16.3. The first kappa shape index (κ1) is 12.6. The molecule has 0 aliphatic carbocycles. The Morgan fingerprint density at radius 1 is 1.56 bits per heavy atom. The molecule has 1 aliphatic rings. The van der Waals surface area contributed by atoms with Gasteiger partial charge in [0.2, 0.25) is 5.91 Å². The van der Waals surface area contributed by atoms with Crippen LogP contribution in [0.15, 0.2) is 18.2 Å². The Hall–Kier alpha value is -1.88. The molecule has 1 atom stereocenters. The van der Waals surface area contributed by atoms with Gasteiger partial charge in [0, 0.05) is 17.8 Å². The molecular formula is C13H16N2O3. The molecule has 1 aromatic carbocycles. The summed E-state index contributed by atoms with van der Waals surface area (Å²) in [5.74, 6) is -0.284. The van der Waals surface area contributed by atoms with Gasteiger partial charge < -0.3 is 15.7 Å². The summed E-state index contributed by atoms with van der Waals surface area (Å²) >= 11 is 0. The van der Waals surface area contributed by atoms with Crippen molar-refractivity contribution in [3.05, 3.63) is 29.3 Å². The van der Waals surface area contributed by atoms with Crippen LogP contribution in [0.4, 0.5) is 5.69 Å². The molecule has 5 nitrogen and oxygen atoms in total. The Balaban J connectivity index is 2.04. The van der Waals surface area contributed by atoms with Crippen LogP contribution in [0.25, 0.3) is 0 Å². The number of rotatable bonds is 4. The minimum Gasteiger partial charge on any atom is -0.391 e. The molecule has 0 radical (unpaired) electrons. The van der Waals surface area contributed by atoms with Crippen molar-refractivity contribution in [3.8, 4) is 0 Å². The highest BCUT2D eigenvalue weighted by Crippen LogP contribution is 2.23. The van der Waals surface area contributed by atoms with Gasteiger partial charge in [0.15, 0.2) is 0 Å². The van der Waals surface area contributed by atoms with Crippen LogP contribution < -0.4 is 10.6 Å². The summed E-state index contributed by atoms with van der Waals surface area (Å²) in [5.41, 5.74) is 2.11. The smallest absolute Gasteiger partial charge is 0.251 e. The van der Waals surface area contributed by atoms with Gasteiger partial charge in [-0.1, -0.05) is 6.92 Å². The molecule has 0 saturated heterocycles. The molecule has 1 aromatic rings. The average Bonchev–Trinajstić information content (AvgIpc) is 2.74. The first-order valence-electron chi connectivity index (χ1n) is 5.99. The van der Waals surface area contributed by atoms with Crippen molar-refractivity contribution in [2.24, 2.45) is 0 Å². The Morgan fingerprint density at radius 3 is 3.06 bits per heavy atom. The standard InChI is InChI=1S/C13H16N2O3/c1-2-10(16)7-14-13(18)8-3-4-11-9(5-8)6-12(17)15-11/h3-5,10,16H,2,6-7H2,1H3,(H,14,18)(H,15,17). The zero-order valence-corrected chi connectivity index (χ0v) is 10.2. The van der Waals surface area contributed by atoms with E-state index in [2.05, 4.69) is 10.6 Å². The number of fused-ring (bicyclic) bond motifs is 1. The number of carbonyl (C=O) groups is 2. The first-order chi connectivity index (χ1) is 8.60.